The average molecular weight is 867 g/mol. The Hall–Kier alpha value is -2.58. The molecule has 61 heavy (non-hydrogen) atoms. The van der Waals surface area contributed by atoms with Crippen LogP contribution in [0.25, 0.3) is 0 Å². The van der Waals surface area contributed by atoms with Gasteiger partial charge in [-0.2, -0.15) is 13.2 Å². The van der Waals surface area contributed by atoms with Crippen LogP contribution in [-0.2, 0) is 53.1 Å². The summed E-state index contributed by atoms with van der Waals surface area (Å²) in [6, 6.07) is 6.96. The van der Waals surface area contributed by atoms with Crippen LogP contribution < -0.4 is 0 Å². The Bertz CT molecular complexity index is 1460. The number of carbonyl (C=O) groups excluding carboxylic acids is 3. The van der Waals surface area contributed by atoms with Gasteiger partial charge in [0.1, 0.15) is 24.8 Å². The molecule has 0 radical (unpaired) electrons. The highest BCUT2D eigenvalue weighted by atomic mass is 19.4. The van der Waals surface area contributed by atoms with E-state index in [0.717, 1.165) is 97.0 Å². The lowest BCUT2D eigenvalue weighted by Gasteiger charge is -2.35. The van der Waals surface area contributed by atoms with Gasteiger partial charge in [0.2, 0.25) is 0 Å². The summed E-state index contributed by atoms with van der Waals surface area (Å²) in [5, 5.41) is 0. The first-order valence-corrected chi connectivity index (χ1v) is 23.6. The number of esters is 2. The number of Topliss-reactive ketones (excluding diaryl/α,β-unsaturated/α-hetero) is 1. The van der Waals surface area contributed by atoms with Gasteiger partial charge in [-0.3, -0.25) is 4.79 Å². The number of rotatable bonds is 26. The molecule has 10 atom stereocenters. The highest BCUT2D eigenvalue weighted by Crippen LogP contribution is 2.44. The number of hydrogen-bond acceptors (Lipinski definition) is 10. The first-order chi connectivity index (χ1) is 29.4. The molecule has 10 nitrogen and oxygen atoms in total. The number of ketones is 1. The summed E-state index contributed by atoms with van der Waals surface area (Å²) in [4.78, 5) is 37.1. The molecule has 13 heteroatoms. The number of benzene rings is 1. The second-order valence-electron chi connectivity index (χ2n) is 18.0. The molecule has 346 valence electrons. The Morgan fingerprint density at radius 3 is 1.93 bits per heavy atom. The maximum atomic E-state index is 14.8. The lowest BCUT2D eigenvalue weighted by atomic mass is 9.92. The molecule has 4 fully saturated rings. The van der Waals surface area contributed by atoms with Crippen LogP contribution in [-0.4, -0.2) is 86.6 Å². The summed E-state index contributed by atoms with van der Waals surface area (Å²) >= 11 is 0. The van der Waals surface area contributed by atoms with Crippen molar-refractivity contribution in [2.45, 2.75) is 229 Å². The Labute approximate surface area is 362 Å². The Kier molecular flexibility index (Phi) is 20.3. The van der Waals surface area contributed by atoms with Crippen LogP contribution in [0.1, 0.15) is 174 Å². The molecule has 0 unspecified atom stereocenters. The topological polar surface area (TPSA) is 116 Å². The normalized spacial score (nSPS) is 28.6. The van der Waals surface area contributed by atoms with Gasteiger partial charge in [-0.05, 0) is 84.0 Å². The molecule has 4 heterocycles. The summed E-state index contributed by atoms with van der Waals surface area (Å²) < 4.78 is 86.2. The third kappa shape index (κ3) is 14.5. The van der Waals surface area contributed by atoms with Crippen LogP contribution in [0.2, 0.25) is 0 Å². The van der Waals surface area contributed by atoms with Gasteiger partial charge < -0.3 is 38.0 Å². The molecule has 1 aromatic carbocycles. The molecule has 0 spiro atoms. The quantitative estimate of drug-likeness (QED) is 0.0658. The first-order valence-electron chi connectivity index (χ1n) is 23.6. The molecular weight excluding hydrogens is 794 g/mol. The molecule has 0 saturated carbocycles. The zero-order valence-corrected chi connectivity index (χ0v) is 37.0. The molecule has 1 aromatic rings. The highest BCUT2D eigenvalue weighted by molar-refractivity contribution is 5.84. The van der Waals surface area contributed by atoms with E-state index >= 15 is 0 Å². The van der Waals surface area contributed by atoms with Crippen molar-refractivity contribution < 1.29 is 60.7 Å². The van der Waals surface area contributed by atoms with Crippen LogP contribution in [0, 0.1) is 5.92 Å². The number of carbonyl (C=O) groups is 3. The van der Waals surface area contributed by atoms with Crippen molar-refractivity contribution in [2.24, 2.45) is 5.92 Å². The van der Waals surface area contributed by atoms with E-state index in [2.05, 4.69) is 6.92 Å². The van der Waals surface area contributed by atoms with Gasteiger partial charge in [-0.25, -0.2) is 4.79 Å². The fourth-order valence-corrected chi connectivity index (χ4v) is 9.85. The number of unbranched alkanes of at least 4 members (excludes halogenated alkanes) is 11. The maximum Gasteiger partial charge on any atom is 0.432 e. The van der Waals surface area contributed by atoms with Crippen LogP contribution in [0.15, 0.2) is 30.3 Å². The smallest absolute Gasteiger partial charge is 0.432 e. The molecule has 0 N–H and O–H groups in total. The molecule has 5 rings (SSSR count). The van der Waals surface area contributed by atoms with E-state index in [9.17, 15) is 27.6 Å². The standard InChI is InChI=1S/C48H73F3O10/c1-4-5-6-7-8-9-13-19-24-41(61-46(54)47(55-3,48(49,50)51)36-20-15-14-16-21-36)44-30-29-43(60-44)40-28-27-39(56-33-57-40)42-26-25-37(58-42)22-17-11-10-12-18-23-38-32-35(31-34(2)52)45(53)59-38/h14-16,20-21,35,37-44H,4-13,17-19,22-33H2,1-3H3/t35-,37-,38-,39+,40-,41+,42+,43-,44-,47-/m1/s1. The third-order valence-corrected chi connectivity index (χ3v) is 13.3. The number of ether oxygens (including phenoxy) is 7. The van der Waals surface area contributed by atoms with Gasteiger partial charge in [-0.1, -0.05) is 108 Å². The Morgan fingerprint density at radius 1 is 0.738 bits per heavy atom. The van der Waals surface area contributed by atoms with E-state index in [-0.39, 0.29) is 73.1 Å². The van der Waals surface area contributed by atoms with Gasteiger partial charge in [0.25, 0.3) is 5.60 Å². The second kappa shape index (κ2) is 25.1. The van der Waals surface area contributed by atoms with Gasteiger partial charge in [0.05, 0.1) is 42.5 Å². The lowest BCUT2D eigenvalue weighted by molar-refractivity contribution is -0.280. The van der Waals surface area contributed by atoms with E-state index in [1.165, 1.54) is 50.5 Å². The van der Waals surface area contributed by atoms with Crippen molar-refractivity contribution in [1.82, 2.24) is 0 Å². The largest absolute Gasteiger partial charge is 0.462 e. The van der Waals surface area contributed by atoms with E-state index in [0.29, 0.717) is 38.5 Å². The predicted molar refractivity (Wildman–Crippen MR) is 224 cm³/mol. The number of alkyl halides is 3. The van der Waals surface area contributed by atoms with Crippen molar-refractivity contribution in [3.05, 3.63) is 35.9 Å². The third-order valence-electron chi connectivity index (χ3n) is 13.3. The Balaban J connectivity index is 1.05. The number of hydrogen-bond donors (Lipinski definition) is 0. The van der Waals surface area contributed by atoms with Gasteiger partial charge >= 0.3 is 18.1 Å². The second-order valence-corrected chi connectivity index (χ2v) is 18.0. The molecule has 4 aliphatic rings. The van der Waals surface area contributed by atoms with Crippen LogP contribution in [0.5, 0.6) is 0 Å². The molecule has 4 saturated heterocycles. The van der Waals surface area contributed by atoms with Crippen LogP contribution in [0.3, 0.4) is 0 Å². The van der Waals surface area contributed by atoms with E-state index in [1.807, 2.05) is 0 Å². The molecule has 0 bridgehead atoms. The fourth-order valence-electron chi connectivity index (χ4n) is 9.85. The van der Waals surface area contributed by atoms with Crippen molar-refractivity contribution >= 4 is 17.7 Å². The van der Waals surface area contributed by atoms with Gasteiger partial charge in [0.15, 0.2) is 0 Å². The monoisotopic (exact) mass is 867 g/mol. The summed E-state index contributed by atoms with van der Waals surface area (Å²) in [6.07, 6.45) is 14.7. The van der Waals surface area contributed by atoms with Crippen molar-refractivity contribution in [2.75, 3.05) is 13.9 Å². The maximum absolute atomic E-state index is 14.8. The van der Waals surface area contributed by atoms with Crippen molar-refractivity contribution in [1.29, 1.82) is 0 Å². The van der Waals surface area contributed by atoms with E-state index in [1.54, 1.807) is 6.07 Å². The number of cyclic esters (lactones) is 1. The van der Waals surface area contributed by atoms with Gasteiger partial charge in [0, 0.05) is 19.1 Å². The van der Waals surface area contributed by atoms with Crippen molar-refractivity contribution in [3.8, 4) is 0 Å². The first kappa shape index (κ1) is 49.4. The molecule has 0 aromatic heterocycles. The number of halogens is 3. The molecular formula is C48H73F3O10. The summed E-state index contributed by atoms with van der Waals surface area (Å²) in [6.45, 7) is 3.81. The Morgan fingerprint density at radius 2 is 1.31 bits per heavy atom. The SMILES string of the molecule is CCCCCCCCCC[C@H](OC(=O)[C@](OC)(c1ccccc1)C(F)(F)F)[C@H]1CC[C@H]([C@H]2CC[C@@H]([C@@H]3CC[C@@H](CCCCCCC[C@@H]4C[C@@H](CC(C)=O)C(=O)O4)O3)OCO2)O1. The van der Waals surface area contributed by atoms with E-state index < -0.39 is 30.0 Å². The zero-order chi connectivity index (χ0) is 43.7. The number of methoxy groups -OCH3 is 1. The van der Waals surface area contributed by atoms with Gasteiger partial charge in [-0.15, -0.1) is 0 Å². The summed E-state index contributed by atoms with van der Waals surface area (Å²) in [5.74, 6) is -1.94. The predicted octanol–water partition coefficient (Wildman–Crippen LogP) is 10.8. The minimum absolute atomic E-state index is 0.000260. The van der Waals surface area contributed by atoms with Crippen molar-refractivity contribution in [3.63, 3.8) is 0 Å². The fraction of sp³-hybridized carbons (Fsp3) is 0.812. The molecule has 0 aliphatic carbocycles. The van der Waals surface area contributed by atoms with Crippen LogP contribution in [0.4, 0.5) is 13.2 Å². The zero-order valence-electron chi connectivity index (χ0n) is 37.0. The highest BCUT2D eigenvalue weighted by Gasteiger charge is 2.64. The van der Waals surface area contributed by atoms with E-state index in [4.69, 9.17) is 33.2 Å². The summed E-state index contributed by atoms with van der Waals surface area (Å²) in [5.41, 5.74) is -3.59. The molecule has 4 aliphatic heterocycles. The minimum atomic E-state index is -5.06. The summed E-state index contributed by atoms with van der Waals surface area (Å²) in [7, 11) is 0.895. The lowest BCUT2D eigenvalue weighted by Crippen LogP contribution is -2.53. The van der Waals surface area contributed by atoms with Crippen LogP contribution >= 0.6 is 0 Å². The minimum Gasteiger partial charge on any atom is -0.462 e. The average Bonchev–Trinajstić information content (AvgIpc) is 3.95. The molecule has 0 amide bonds.